The summed E-state index contributed by atoms with van der Waals surface area (Å²) in [6.07, 6.45) is 0. The Bertz CT molecular complexity index is 1570. The van der Waals surface area contributed by atoms with Gasteiger partial charge in [-0.2, -0.15) is 5.10 Å². The smallest absolute Gasteiger partial charge is 0.258 e. The van der Waals surface area contributed by atoms with E-state index in [1.165, 1.54) is 0 Å². The number of anilines is 1. The molecule has 0 bridgehead atoms. The van der Waals surface area contributed by atoms with Gasteiger partial charge in [0.05, 0.1) is 29.7 Å². The van der Waals surface area contributed by atoms with Crippen molar-refractivity contribution in [3.63, 3.8) is 0 Å². The highest BCUT2D eigenvalue weighted by Gasteiger charge is 2.19. The molecular formula is C26H26N6O2. The first-order chi connectivity index (χ1) is 16.5. The second-order valence-electron chi connectivity index (χ2n) is 8.20. The zero-order valence-corrected chi connectivity index (χ0v) is 19.6. The number of hydrogen-bond donors (Lipinski definition) is 2. The molecule has 0 aliphatic carbocycles. The van der Waals surface area contributed by atoms with Crippen molar-refractivity contribution < 1.29 is 4.74 Å². The highest BCUT2D eigenvalue weighted by molar-refractivity contribution is 5.98. The fourth-order valence-corrected chi connectivity index (χ4v) is 4.55. The van der Waals surface area contributed by atoms with E-state index in [9.17, 15) is 4.79 Å². The molecule has 3 heterocycles. The Hall–Kier alpha value is -4.20. The minimum absolute atomic E-state index is 0.156. The molecule has 0 aliphatic rings. The van der Waals surface area contributed by atoms with Gasteiger partial charge in [-0.3, -0.25) is 4.79 Å². The first-order valence-corrected chi connectivity index (χ1v) is 11.3. The Kier molecular flexibility index (Phi) is 5.49. The Morgan fingerprint density at radius 1 is 0.971 bits per heavy atom. The number of H-pyrrole nitrogens is 1. The monoisotopic (exact) mass is 454 g/mol. The quantitative estimate of drug-likeness (QED) is 0.389. The Labute approximate surface area is 196 Å². The largest absolute Gasteiger partial charge is 0.494 e. The molecule has 0 radical (unpaired) electrons. The van der Waals surface area contributed by atoms with Crippen LogP contribution < -0.4 is 15.6 Å². The molecule has 5 aromatic rings. The van der Waals surface area contributed by atoms with Gasteiger partial charge in [0.25, 0.3) is 5.56 Å². The van der Waals surface area contributed by atoms with Crippen LogP contribution in [0.4, 0.5) is 5.82 Å². The number of aromatic nitrogens is 5. The summed E-state index contributed by atoms with van der Waals surface area (Å²) in [5, 5.41) is 14.8. The molecule has 34 heavy (non-hydrogen) atoms. The van der Waals surface area contributed by atoms with Crippen molar-refractivity contribution in [3.05, 3.63) is 81.8 Å². The summed E-state index contributed by atoms with van der Waals surface area (Å²) in [4.78, 5) is 19.9. The normalized spacial score (nSPS) is 11.3. The number of fused-ring (bicyclic) bond motifs is 2. The third kappa shape index (κ3) is 3.67. The zero-order valence-electron chi connectivity index (χ0n) is 19.6. The summed E-state index contributed by atoms with van der Waals surface area (Å²) in [5.41, 5.74) is 4.55. The van der Waals surface area contributed by atoms with Gasteiger partial charge in [0.2, 0.25) is 0 Å². The van der Waals surface area contributed by atoms with Crippen molar-refractivity contribution in [2.24, 2.45) is 0 Å². The summed E-state index contributed by atoms with van der Waals surface area (Å²) < 4.78 is 7.80. The van der Waals surface area contributed by atoms with Gasteiger partial charge in [-0.15, -0.1) is 5.10 Å². The lowest BCUT2D eigenvalue weighted by molar-refractivity contribution is 0.340. The highest BCUT2D eigenvalue weighted by Crippen LogP contribution is 2.34. The predicted molar refractivity (Wildman–Crippen MR) is 134 cm³/mol. The molecule has 0 saturated heterocycles. The summed E-state index contributed by atoms with van der Waals surface area (Å²) in [7, 11) is 0. The SMILES string of the molecule is CCOc1ccc(-n2c(C)c3c(C)nnc(NCc4nc5ccccc5c(=O)[nH]4)c3c2C)cc1. The van der Waals surface area contributed by atoms with E-state index >= 15 is 0 Å². The second-order valence-corrected chi connectivity index (χ2v) is 8.20. The van der Waals surface area contributed by atoms with Gasteiger partial charge in [-0.05, 0) is 64.1 Å². The molecule has 0 atom stereocenters. The number of nitrogens with zero attached hydrogens (tertiary/aromatic N) is 4. The molecule has 2 aromatic carbocycles. The number of aryl methyl sites for hydroxylation is 3. The van der Waals surface area contributed by atoms with Gasteiger partial charge < -0.3 is 19.6 Å². The Morgan fingerprint density at radius 2 is 1.71 bits per heavy atom. The Morgan fingerprint density at radius 3 is 2.47 bits per heavy atom. The molecule has 2 N–H and O–H groups in total. The zero-order chi connectivity index (χ0) is 23.8. The van der Waals surface area contributed by atoms with E-state index in [1.807, 2.05) is 44.2 Å². The number of ether oxygens (including phenoxy) is 1. The molecule has 5 rings (SSSR count). The molecule has 0 amide bonds. The molecule has 172 valence electrons. The number of nitrogens with one attached hydrogen (secondary N) is 2. The van der Waals surface area contributed by atoms with Crippen molar-refractivity contribution in [3.8, 4) is 11.4 Å². The molecule has 3 aromatic heterocycles. The van der Waals surface area contributed by atoms with E-state index in [0.29, 0.717) is 35.7 Å². The first kappa shape index (κ1) is 21.6. The average molecular weight is 455 g/mol. The van der Waals surface area contributed by atoms with E-state index in [2.05, 4.69) is 56.0 Å². The van der Waals surface area contributed by atoms with Crippen LogP contribution in [0.5, 0.6) is 5.75 Å². The fraction of sp³-hybridized carbons (Fsp3) is 0.231. The van der Waals surface area contributed by atoms with Crippen LogP contribution in [0.1, 0.15) is 29.8 Å². The molecule has 8 heteroatoms. The summed E-state index contributed by atoms with van der Waals surface area (Å²) in [6.45, 7) is 9.06. The van der Waals surface area contributed by atoms with Crippen LogP contribution in [0, 0.1) is 20.8 Å². The molecule has 0 aliphatic heterocycles. The van der Waals surface area contributed by atoms with Crippen LogP contribution in [0.3, 0.4) is 0 Å². The van der Waals surface area contributed by atoms with Crippen LogP contribution in [0.15, 0.2) is 53.3 Å². The third-order valence-electron chi connectivity index (χ3n) is 6.03. The second kappa shape index (κ2) is 8.62. The third-order valence-corrected chi connectivity index (χ3v) is 6.03. The summed E-state index contributed by atoms with van der Waals surface area (Å²) >= 11 is 0. The van der Waals surface area contributed by atoms with Crippen LogP contribution in [0.2, 0.25) is 0 Å². The van der Waals surface area contributed by atoms with E-state index < -0.39 is 0 Å². The van der Waals surface area contributed by atoms with Gasteiger partial charge in [0, 0.05) is 27.8 Å². The topological polar surface area (TPSA) is 97.7 Å². The predicted octanol–water partition coefficient (Wildman–Crippen LogP) is 4.59. The number of rotatable bonds is 6. The maximum absolute atomic E-state index is 12.4. The molecule has 8 nitrogen and oxygen atoms in total. The summed E-state index contributed by atoms with van der Waals surface area (Å²) in [6, 6.07) is 15.4. The summed E-state index contributed by atoms with van der Waals surface area (Å²) in [5.74, 6) is 2.04. The molecule has 0 unspecified atom stereocenters. The lowest BCUT2D eigenvalue weighted by atomic mass is 10.1. The van der Waals surface area contributed by atoms with Gasteiger partial charge >= 0.3 is 0 Å². The van der Waals surface area contributed by atoms with Crippen LogP contribution in [-0.2, 0) is 6.54 Å². The van der Waals surface area contributed by atoms with Crippen molar-refractivity contribution in [1.29, 1.82) is 0 Å². The van der Waals surface area contributed by atoms with Crippen LogP contribution >= 0.6 is 0 Å². The molecular weight excluding hydrogens is 428 g/mol. The standard InChI is InChI=1S/C26H26N6O2/c1-5-34-19-12-10-18(11-13-19)32-16(3)23-15(2)30-31-25(24(23)17(32)4)27-14-22-28-21-9-7-6-8-20(21)26(33)29-22/h6-13H,5,14H2,1-4H3,(H,27,31)(H,28,29,33). The van der Waals surface area contributed by atoms with Gasteiger partial charge in [-0.25, -0.2) is 4.98 Å². The number of aromatic amines is 1. The van der Waals surface area contributed by atoms with Crippen molar-refractivity contribution in [2.75, 3.05) is 11.9 Å². The maximum atomic E-state index is 12.4. The number of benzene rings is 2. The van der Waals surface area contributed by atoms with E-state index in [-0.39, 0.29) is 5.56 Å². The van der Waals surface area contributed by atoms with E-state index in [1.54, 1.807) is 6.07 Å². The van der Waals surface area contributed by atoms with Crippen LogP contribution in [-0.4, -0.2) is 31.3 Å². The van der Waals surface area contributed by atoms with Gasteiger partial charge in [0.15, 0.2) is 5.82 Å². The lowest BCUT2D eigenvalue weighted by Gasteiger charge is -2.11. The average Bonchev–Trinajstić information content (AvgIpc) is 3.11. The number of hydrogen-bond acceptors (Lipinski definition) is 6. The highest BCUT2D eigenvalue weighted by atomic mass is 16.5. The number of para-hydroxylation sites is 1. The van der Waals surface area contributed by atoms with Gasteiger partial charge in [-0.1, -0.05) is 12.1 Å². The Balaban J connectivity index is 1.54. The van der Waals surface area contributed by atoms with Crippen molar-refractivity contribution in [1.82, 2.24) is 24.7 Å². The first-order valence-electron chi connectivity index (χ1n) is 11.3. The van der Waals surface area contributed by atoms with Crippen LogP contribution in [0.25, 0.3) is 27.4 Å². The maximum Gasteiger partial charge on any atom is 0.258 e. The molecule has 0 saturated carbocycles. The molecule has 0 fully saturated rings. The van der Waals surface area contributed by atoms with Crippen molar-refractivity contribution >= 4 is 27.5 Å². The fourth-order valence-electron chi connectivity index (χ4n) is 4.55. The minimum Gasteiger partial charge on any atom is -0.494 e. The van der Waals surface area contributed by atoms with Crippen molar-refractivity contribution in [2.45, 2.75) is 34.2 Å². The van der Waals surface area contributed by atoms with Gasteiger partial charge in [0.1, 0.15) is 11.6 Å². The molecule has 0 spiro atoms. The minimum atomic E-state index is -0.156. The van der Waals surface area contributed by atoms with E-state index in [0.717, 1.165) is 39.3 Å². The lowest BCUT2D eigenvalue weighted by Crippen LogP contribution is -2.15. The van der Waals surface area contributed by atoms with E-state index in [4.69, 9.17) is 4.74 Å².